The van der Waals surface area contributed by atoms with Crippen LogP contribution in [0.15, 0.2) is 67.1 Å². The molecule has 0 spiro atoms. The number of nitrogens with one attached hydrogen (secondary N) is 1. The number of hydrogen-bond acceptors (Lipinski definition) is 7. The number of rotatable bonds is 6. The molecule has 194 valence electrons. The summed E-state index contributed by atoms with van der Waals surface area (Å²) >= 11 is 6.26. The van der Waals surface area contributed by atoms with Crippen LogP contribution in [-0.2, 0) is 9.53 Å². The third-order valence-corrected chi connectivity index (χ3v) is 7.35. The minimum atomic E-state index is -0.171. The van der Waals surface area contributed by atoms with E-state index in [-0.39, 0.29) is 18.0 Å². The molecule has 2 fully saturated rings. The average Bonchev–Trinajstić information content (AvgIpc) is 3.74. The number of likely N-dealkylation sites (tertiary alicyclic amines) is 1. The molecule has 2 aromatic heterocycles. The monoisotopic (exact) mass is 530 g/mol. The zero-order valence-electron chi connectivity index (χ0n) is 20.7. The van der Waals surface area contributed by atoms with E-state index in [0.717, 1.165) is 47.8 Å². The normalized spacial score (nSPS) is 20.4. The number of benzene rings is 2. The van der Waals surface area contributed by atoms with Crippen LogP contribution in [0.25, 0.3) is 23.0 Å². The van der Waals surface area contributed by atoms with Crippen molar-refractivity contribution in [2.24, 2.45) is 0 Å². The quantitative estimate of drug-likeness (QED) is 0.381. The summed E-state index contributed by atoms with van der Waals surface area (Å²) in [7, 11) is 0. The van der Waals surface area contributed by atoms with Gasteiger partial charge in [-0.3, -0.25) is 9.69 Å². The van der Waals surface area contributed by atoms with Gasteiger partial charge in [-0.2, -0.15) is 4.68 Å². The van der Waals surface area contributed by atoms with Crippen molar-refractivity contribution in [3.8, 4) is 16.9 Å². The van der Waals surface area contributed by atoms with Gasteiger partial charge in [-0.05, 0) is 46.7 Å². The van der Waals surface area contributed by atoms with Crippen molar-refractivity contribution in [2.45, 2.75) is 18.5 Å². The summed E-state index contributed by atoms with van der Waals surface area (Å²) in [5, 5.41) is 12.0. The third-order valence-electron chi connectivity index (χ3n) is 7.11. The lowest BCUT2D eigenvalue weighted by Crippen LogP contribution is -2.45. The number of tetrazole rings is 1. The lowest BCUT2D eigenvalue weighted by Gasteiger charge is -2.31. The maximum Gasteiger partial charge on any atom is 0.247 e. The highest BCUT2D eigenvalue weighted by Gasteiger charge is 2.40. The topological polar surface area (TPSA) is 105 Å². The highest BCUT2D eigenvalue weighted by molar-refractivity contribution is 6.30. The van der Waals surface area contributed by atoms with Crippen molar-refractivity contribution in [1.82, 2.24) is 40.0 Å². The van der Waals surface area contributed by atoms with Crippen LogP contribution in [0.2, 0.25) is 5.02 Å². The number of carbonyl (C=O) groups is 1. The third kappa shape index (κ3) is 5.10. The maximum absolute atomic E-state index is 13.7. The molecule has 2 atom stereocenters. The van der Waals surface area contributed by atoms with Crippen molar-refractivity contribution < 1.29 is 9.53 Å². The number of imidazole rings is 1. The predicted octanol–water partition coefficient (Wildman–Crippen LogP) is 3.39. The molecule has 0 aliphatic carbocycles. The molecule has 2 aliphatic rings. The number of carbonyl (C=O) groups excluding carboxylic acids is 1. The summed E-state index contributed by atoms with van der Waals surface area (Å²) in [6.45, 7) is 3.76. The molecule has 2 aromatic carbocycles. The second-order valence-corrected chi connectivity index (χ2v) is 9.82. The van der Waals surface area contributed by atoms with E-state index in [0.29, 0.717) is 24.8 Å². The molecule has 1 amide bonds. The fourth-order valence-corrected chi connectivity index (χ4v) is 5.37. The first kappa shape index (κ1) is 24.5. The van der Waals surface area contributed by atoms with Gasteiger partial charge < -0.3 is 14.6 Å². The van der Waals surface area contributed by atoms with Gasteiger partial charge in [0.15, 0.2) is 0 Å². The molecule has 0 saturated carbocycles. The van der Waals surface area contributed by atoms with Crippen molar-refractivity contribution in [1.29, 1.82) is 0 Å². The number of amides is 1. The molecular weight excluding hydrogens is 504 g/mol. The number of morpholine rings is 1. The second-order valence-electron chi connectivity index (χ2n) is 9.38. The minimum Gasteiger partial charge on any atom is -0.379 e. The first-order valence-electron chi connectivity index (χ1n) is 12.6. The van der Waals surface area contributed by atoms with E-state index in [1.807, 2.05) is 47.5 Å². The standard InChI is InChI=1S/C27H27ClN8O2/c28-21-7-8-24(36-18-30-32-33-36)20(14-21)6-9-26(37)35-17-22(34-10-12-38-13-11-34)15-25(35)27-29-16-23(31-27)19-4-2-1-3-5-19/h1-9,14,16,18,22,25H,10-13,15,17H2,(H,29,31)/b9-6+. The van der Waals surface area contributed by atoms with Gasteiger partial charge in [-0.15, -0.1) is 5.10 Å². The molecule has 1 N–H and O–H groups in total. The van der Waals surface area contributed by atoms with Crippen LogP contribution in [0.3, 0.4) is 0 Å². The number of hydrogen-bond donors (Lipinski definition) is 1. The van der Waals surface area contributed by atoms with E-state index < -0.39 is 0 Å². The van der Waals surface area contributed by atoms with Crippen LogP contribution in [0.5, 0.6) is 0 Å². The van der Waals surface area contributed by atoms with E-state index >= 15 is 0 Å². The summed E-state index contributed by atoms with van der Waals surface area (Å²) < 4.78 is 7.10. The zero-order valence-corrected chi connectivity index (χ0v) is 21.4. The Morgan fingerprint density at radius 1 is 1.13 bits per heavy atom. The number of nitrogens with zero attached hydrogens (tertiary/aromatic N) is 7. The molecule has 4 aromatic rings. The Morgan fingerprint density at radius 3 is 2.76 bits per heavy atom. The maximum atomic E-state index is 13.7. The molecular formula is C27H27ClN8O2. The Morgan fingerprint density at radius 2 is 1.97 bits per heavy atom. The lowest BCUT2D eigenvalue weighted by molar-refractivity contribution is -0.127. The number of aromatic nitrogens is 6. The molecule has 2 aliphatic heterocycles. The Labute approximate surface area is 224 Å². The minimum absolute atomic E-state index is 0.0916. The van der Waals surface area contributed by atoms with Crippen molar-refractivity contribution in [3.05, 3.63) is 83.5 Å². The van der Waals surface area contributed by atoms with Gasteiger partial charge in [0, 0.05) is 42.3 Å². The van der Waals surface area contributed by atoms with Crippen LogP contribution in [-0.4, -0.2) is 84.8 Å². The molecule has 2 unspecified atom stereocenters. The van der Waals surface area contributed by atoms with Gasteiger partial charge in [0.2, 0.25) is 5.91 Å². The molecule has 4 heterocycles. The first-order valence-corrected chi connectivity index (χ1v) is 13.0. The van der Waals surface area contributed by atoms with Gasteiger partial charge in [0.05, 0.1) is 36.8 Å². The summed E-state index contributed by atoms with van der Waals surface area (Å²) in [6, 6.07) is 15.5. The lowest BCUT2D eigenvalue weighted by atomic mass is 10.1. The van der Waals surface area contributed by atoms with Crippen LogP contribution in [0, 0.1) is 0 Å². The average molecular weight is 531 g/mol. The Balaban J connectivity index is 1.28. The molecule has 38 heavy (non-hydrogen) atoms. The van der Waals surface area contributed by atoms with Crippen LogP contribution in [0.4, 0.5) is 0 Å². The molecule has 6 rings (SSSR count). The number of halogens is 1. The molecule has 10 nitrogen and oxygen atoms in total. The largest absolute Gasteiger partial charge is 0.379 e. The second kappa shape index (κ2) is 10.9. The van der Waals surface area contributed by atoms with Gasteiger partial charge in [0.25, 0.3) is 0 Å². The van der Waals surface area contributed by atoms with E-state index in [1.165, 1.54) is 6.33 Å². The molecule has 2 saturated heterocycles. The van der Waals surface area contributed by atoms with Gasteiger partial charge in [-0.25, -0.2) is 4.98 Å². The molecule has 0 bridgehead atoms. The Hall–Kier alpha value is -3.86. The number of aromatic amines is 1. The summed E-state index contributed by atoms with van der Waals surface area (Å²) in [4.78, 5) is 26.2. The van der Waals surface area contributed by atoms with E-state index in [4.69, 9.17) is 21.3 Å². The molecule has 11 heteroatoms. The first-order chi connectivity index (χ1) is 18.7. The van der Waals surface area contributed by atoms with Crippen molar-refractivity contribution in [3.63, 3.8) is 0 Å². The Kier molecular flexibility index (Phi) is 7.00. The van der Waals surface area contributed by atoms with Crippen LogP contribution < -0.4 is 0 Å². The van der Waals surface area contributed by atoms with Crippen LogP contribution in [0.1, 0.15) is 23.9 Å². The van der Waals surface area contributed by atoms with Gasteiger partial charge in [0.1, 0.15) is 12.2 Å². The van der Waals surface area contributed by atoms with Crippen LogP contribution >= 0.6 is 11.6 Å². The summed E-state index contributed by atoms with van der Waals surface area (Å²) in [6.07, 6.45) is 7.51. The fourth-order valence-electron chi connectivity index (χ4n) is 5.19. The number of ether oxygens (including phenoxy) is 1. The highest BCUT2D eigenvalue weighted by Crippen LogP contribution is 2.35. The zero-order chi connectivity index (χ0) is 25.9. The van der Waals surface area contributed by atoms with Crippen molar-refractivity contribution in [2.75, 3.05) is 32.8 Å². The van der Waals surface area contributed by atoms with Gasteiger partial charge in [-0.1, -0.05) is 41.9 Å². The van der Waals surface area contributed by atoms with E-state index in [1.54, 1.807) is 29.0 Å². The van der Waals surface area contributed by atoms with E-state index in [2.05, 4.69) is 25.4 Å². The van der Waals surface area contributed by atoms with E-state index in [9.17, 15) is 4.79 Å². The smallest absolute Gasteiger partial charge is 0.247 e. The molecule has 0 radical (unpaired) electrons. The SMILES string of the molecule is O=C(/C=C/c1cc(Cl)ccc1-n1cnnn1)N1CC(N2CCOCC2)CC1c1ncc(-c2ccccc2)[nH]1. The fraction of sp³-hybridized carbons (Fsp3) is 0.296. The predicted molar refractivity (Wildman–Crippen MR) is 142 cm³/mol. The van der Waals surface area contributed by atoms with Gasteiger partial charge >= 0.3 is 0 Å². The van der Waals surface area contributed by atoms with Crippen molar-refractivity contribution >= 4 is 23.6 Å². The number of H-pyrrole nitrogens is 1. The Bertz CT molecular complexity index is 1420. The highest BCUT2D eigenvalue weighted by atomic mass is 35.5. The summed E-state index contributed by atoms with van der Waals surface area (Å²) in [5.74, 6) is 0.699. The summed E-state index contributed by atoms with van der Waals surface area (Å²) in [5.41, 5.74) is 3.46.